The number of hydrogen-bond acceptors (Lipinski definition) is 2. The maximum Gasteiger partial charge on any atom is 0.244 e. The monoisotopic (exact) mass is 378 g/mol. The van der Waals surface area contributed by atoms with E-state index < -0.39 is 0 Å². The normalized spacial score (nSPS) is 11.4. The van der Waals surface area contributed by atoms with Crippen LogP contribution < -0.4 is 11.1 Å². The summed E-state index contributed by atoms with van der Waals surface area (Å²) in [5.74, 6) is -0.0429. The summed E-state index contributed by atoms with van der Waals surface area (Å²) in [4.78, 5) is 12.5. The molecule has 0 saturated carbocycles. The standard InChI is InChI=1S/C25H34N2O/c1-2-3-4-5-6-7-8-12-19-27-25(28)20-24(21-13-10-9-11-14-21)22-15-17-23(26)18-16-22/h9-11,13-18,20H,2-8,12,19,26H2,1H3,(H,27,28)/b24-20-. The molecule has 0 radical (unpaired) electrons. The van der Waals surface area contributed by atoms with Crippen LogP contribution in [0.4, 0.5) is 5.69 Å². The van der Waals surface area contributed by atoms with Gasteiger partial charge in [0.15, 0.2) is 0 Å². The van der Waals surface area contributed by atoms with Crippen LogP contribution in [0.2, 0.25) is 0 Å². The molecular formula is C25H34N2O. The predicted octanol–water partition coefficient (Wildman–Crippen LogP) is 5.96. The van der Waals surface area contributed by atoms with Crippen LogP contribution in [0.1, 0.15) is 69.4 Å². The lowest BCUT2D eigenvalue weighted by molar-refractivity contribution is -0.116. The van der Waals surface area contributed by atoms with Gasteiger partial charge in [0.1, 0.15) is 0 Å². The third-order valence-electron chi connectivity index (χ3n) is 4.91. The van der Waals surface area contributed by atoms with Crippen molar-refractivity contribution in [3.63, 3.8) is 0 Å². The molecule has 3 nitrogen and oxygen atoms in total. The second kappa shape index (κ2) is 12.8. The van der Waals surface area contributed by atoms with Gasteiger partial charge in [-0.25, -0.2) is 0 Å². The van der Waals surface area contributed by atoms with Crippen molar-refractivity contribution in [3.8, 4) is 0 Å². The molecule has 0 aliphatic rings. The Balaban J connectivity index is 1.86. The van der Waals surface area contributed by atoms with E-state index in [1.807, 2.05) is 54.6 Å². The maximum atomic E-state index is 12.5. The third-order valence-corrected chi connectivity index (χ3v) is 4.91. The van der Waals surface area contributed by atoms with E-state index in [0.29, 0.717) is 0 Å². The molecular weight excluding hydrogens is 344 g/mol. The summed E-state index contributed by atoms with van der Waals surface area (Å²) < 4.78 is 0. The number of rotatable bonds is 12. The lowest BCUT2D eigenvalue weighted by atomic mass is 9.97. The summed E-state index contributed by atoms with van der Waals surface area (Å²) in [5.41, 5.74) is 9.45. The molecule has 0 atom stereocenters. The third kappa shape index (κ3) is 7.99. The van der Waals surface area contributed by atoms with Crippen molar-refractivity contribution < 1.29 is 4.79 Å². The lowest BCUT2D eigenvalue weighted by Gasteiger charge is -2.10. The molecule has 0 unspecified atom stereocenters. The Morgan fingerprint density at radius 2 is 1.39 bits per heavy atom. The van der Waals surface area contributed by atoms with Crippen molar-refractivity contribution in [3.05, 3.63) is 71.8 Å². The largest absolute Gasteiger partial charge is 0.399 e. The molecule has 0 aliphatic carbocycles. The number of unbranched alkanes of at least 4 members (excludes halogenated alkanes) is 7. The smallest absolute Gasteiger partial charge is 0.244 e. The van der Waals surface area contributed by atoms with Crippen molar-refractivity contribution >= 4 is 17.2 Å². The number of amides is 1. The van der Waals surface area contributed by atoms with Crippen LogP contribution in [-0.2, 0) is 4.79 Å². The van der Waals surface area contributed by atoms with E-state index in [9.17, 15) is 4.79 Å². The summed E-state index contributed by atoms with van der Waals surface area (Å²) in [6.45, 7) is 2.97. The van der Waals surface area contributed by atoms with Gasteiger partial charge in [-0.1, -0.05) is 94.3 Å². The van der Waals surface area contributed by atoms with Gasteiger partial charge in [-0.3, -0.25) is 4.79 Å². The van der Waals surface area contributed by atoms with Gasteiger partial charge in [-0.05, 0) is 35.3 Å². The predicted molar refractivity (Wildman–Crippen MR) is 120 cm³/mol. The Morgan fingerprint density at radius 3 is 2.04 bits per heavy atom. The minimum absolute atomic E-state index is 0.0429. The molecule has 3 N–H and O–H groups in total. The Hall–Kier alpha value is -2.55. The number of benzene rings is 2. The van der Waals surface area contributed by atoms with Gasteiger partial charge >= 0.3 is 0 Å². The molecule has 0 heterocycles. The van der Waals surface area contributed by atoms with Gasteiger partial charge in [0.05, 0.1) is 0 Å². The summed E-state index contributed by atoms with van der Waals surface area (Å²) in [6, 6.07) is 17.6. The second-order valence-electron chi connectivity index (χ2n) is 7.31. The van der Waals surface area contributed by atoms with Crippen LogP contribution >= 0.6 is 0 Å². The summed E-state index contributed by atoms with van der Waals surface area (Å²) in [7, 11) is 0. The number of hydrogen-bond donors (Lipinski definition) is 2. The van der Waals surface area contributed by atoms with Gasteiger partial charge in [0, 0.05) is 18.3 Å². The van der Waals surface area contributed by atoms with Gasteiger partial charge in [0.25, 0.3) is 0 Å². The van der Waals surface area contributed by atoms with Gasteiger partial charge in [0.2, 0.25) is 5.91 Å². The van der Waals surface area contributed by atoms with E-state index in [2.05, 4.69) is 12.2 Å². The zero-order valence-electron chi connectivity index (χ0n) is 17.1. The lowest BCUT2D eigenvalue weighted by Crippen LogP contribution is -2.22. The molecule has 0 fully saturated rings. The summed E-state index contributed by atoms with van der Waals surface area (Å²) >= 11 is 0. The molecule has 0 aromatic heterocycles. The van der Waals surface area contributed by atoms with Crippen LogP contribution in [0.15, 0.2) is 60.7 Å². The van der Waals surface area contributed by atoms with Gasteiger partial charge < -0.3 is 11.1 Å². The Kier molecular flexibility index (Phi) is 9.92. The summed E-state index contributed by atoms with van der Waals surface area (Å²) in [6.07, 6.45) is 11.8. The zero-order chi connectivity index (χ0) is 20.0. The average Bonchev–Trinajstić information content (AvgIpc) is 2.72. The number of carbonyl (C=O) groups excluding carboxylic acids is 1. The SMILES string of the molecule is CCCCCCCCCCNC(=O)/C=C(/c1ccccc1)c1ccc(N)cc1. The van der Waals surface area contributed by atoms with E-state index >= 15 is 0 Å². The van der Waals surface area contributed by atoms with E-state index in [1.165, 1.54) is 44.9 Å². The molecule has 0 spiro atoms. The molecule has 0 aliphatic heterocycles. The first-order valence-electron chi connectivity index (χ1n) is 10.6. The van der Waals surface area contributed by atoms with Gasteiger partial charge in [-0.15, -0.1) is 0 Å². The van der Waals surface area contributed by atoms with E-state index in [4.69, 9.17) is 5.73 Å². The summed E-state index contributed by atoms with van der Waals surface area (Å²) in [5, 5.41) is 3.04. The molecule has 2 rings (SSSR count). The second-order valence-corrected chi connectivity index (χ2v) is 7.31. The van der Waals surface area contributed by atoms with E-state index in [1.54, 1.807) is 6.08 Å². The molecule has 150 valence electrons. The van der Waals surface area contributed by atoms with Crippen molar-refractivity contribution in [1.29, 1.82) is 0 Å². The first-order chi connectivity index (χ1) is 13.7. The molecule has 2 aromatic carbocycles. The Labute approximate surface area is 170 Å². The van der Waals surface area contributed by atoms with E-state index in [-0.39, 0.29) is 5.91 Å². The Bertz CT molecular complexity index is 720. The Morgan fingerprint density at radius 1 is 0.821 bits per heavy atom. The van der Waals surface area contributed by atoms with Crippen LogP contribution in [0.3, 0.4) is 0 Å². The van der Waals surface area contributed by atoms with Crippen molar-refractivity contribution in [2.24, 2.45) is 0 Å². The molecule has 3 heteroatoms. The van der Waals surface area contributed by atoms with Crippen LogP contribution in [0.25, 0.3) is 5.57 Å². The number of nitrogens with two attached hydrogens (primary N) is 1. The minimum atomic E-state index is -0.0429. The first kappa shape index (κ1) is 21.7. The van der Waals surface area contributed by atoms with Crippen LogP contribution in [0, 0.1) is 0 Å². The van der Waals surface area contributed by atoms with Crippen molar-refractivity contribution in [2.75, 3.05) is 12.3 Å². The fourth-order valence-electron chi connectivity index (χ4n) is 3.27. The molecule has 0 saturated heterocycles. The topological polar surface area (TPSA) is 55.1 Å². The highest BCUT2D eigenvalue weighted by Gasteiger charge is 2.07. The van der Waals surface area contributed by atoms with E-state index in [0.717, 1.165) is 35.4 Å². The fourth-order valence-corrected chi connectivity index (χ4v) is 3.27. The first-order valence-corrected chi connectivity index (χ1v) is 10.6. The molecule has 0 bridgehead atoms. The number of nitrogens with one attached hydrogen (secondary N) is 1. The zero-order valence-corrected chi connectivity index (χ0v) is 17.1. The average molecular weight is 379 g/mol. The van der Waals surface area contributed by atoms with Crippen molar-refractivity contribution in [1.82, 2.24) is 5.32 Å². The number of anilines is 1. The van der Waals surface area contributed by atoms with Crippen LogP contribution in [-0.4, -0.2) is 12.5 Å². The van der Waals surface area contributed by atoms with Crippen LogP contribution in [0.5, 0.6) is 0 Å². The van der Waals surface area contributed by atoms with Crippen molar-refractivity contribution in [2.45, 2.75) is 58.3 Å². The highest BCUT2D eigenvalue weighted by atomic mass is 16.1. The quantitative estimate of drug-likeness (QED) is 0.272. The molecule has 28 heavy (non-hydrogen) atoms. The highest BCUT2D eigenvalue weighted by Crippen LogP contribution is 2.24. The molecule has 1 amide bonds. The van der Waals surface area contributed by atoms with Gasteiger partial charge in [-0.2, -0.15) is 0 Å². The highest BCUT2D eigenvalue weighted by molar-refractivity contribution is 5.99. The number of carbonyl (C=O) groups is 1. The minimum Gasteiger partial charge on any atom is -0.399 e. The maximum absolute atomic E-state index is 12.5. The fraction of sp³-hybridized carbons (Fsp3) is 0.400. The number of nitrogen functional groups attached to an aromatic ring is 1. The molecule has 2 aromatic rings.